The van der Waals surface area contributed by atoms with Crippen LogP contribution in [0.4, 0.5) is 13.2 Å². The molecule has 2 nitrogen and oxygen atoms in total. The van der Waals surface area contributed by atoms with Gasteiger partial charge < -0.3 is 0 Å². The average molecular weight is 258 g/mol. The Morgan fingerprint density at radius 2 is 1.88 bits per heavy atom. The summed E-state index contributed by atoms with van der Waals surface area (Å²) in [5.41, 5.74) is 0.430. The Kier molecular flexibility index (Phi) is 2.91. The lowest BCUT2D eigenvalue weighted by Crippen LogP contribution is -2.07. The number of hydrogen-bond acceptors (Lipinski definition) is 3. The van der Waals surface area contributed by atoms with Gasteiger partial charge in [-0.1, -0.05) is 0 Å². The molecule has 2 rings (SSSR count). The van der Waals surface area contributed by atoms with E-state index in [4.69, 9.17) is 0 Å². The van der Waals surface area contributed by atoms with Crippen molar-refractivity contribution in [2.24, 2.45) is 0 Å². The van der Waals surface area contributed by atoms with Crippen LogP contribution in [0.2, 0.25) is 0 Å². The lowest BCUT2D eigenvalue weighted by Gasteiger charge is -2.05. The van der Waals surface area contributed by atoms with E-state index in [1.165, 1.54) is 23.6 Å². The molecule has 0 saturated heterocycles. The van der Waals surface area contributed by atoms with Gasteiger partial charge in [0.25, 0.3) is 0 Å². The molecule has 0 radical (unpaired) electrons. The van der Waals surface area contributed by atoms with E-state index < -0.39 is 11.9 Å². The number of aromatic nitrogens is 2. The van der Waals surface area contributed by atoms with Gasteiger partial charge in [-0.25, -0.2) is 4.98 Å². The smallest absolute Gasteiger partial charge is 0.251 e. The summed E-state index contributed by atoms with van der Waals surface area (Å²) >= 11 is 1.51. The van der Waals surface area contributed by atoms with Crippen LogP contribution >= 0.6 is 11.3 Å². The van der Waals surface area contributed by atoms with Crippen molar-refractivity contribution in [2.45, 2.75) is 20.0 Å². The fraction of sp³-hybridized carbons (Fsp3) is 0.273. The van der Waals surface area contributed by atoms with Crippen LogP contribution in [0.25, 0.3) is 11.3 Å². The maximum Gasteiger partial charge on any atom is 0.433 e. The SMILES string of the molecule is Cc1nc(-c2ccc(C(F)(F)F)nc2)c(C)s1. The summed E-state index contributed by atoms with van der Waals surface area (Å²) in [5, 5.41) is 0.886. The number of pyridine rings is 1. The molecule has 0 saturated carbocycles. The van der Waals surface area contributed by atoms with Gasteiger partial charge in [0.15, 0.2) is 0 Å². The number of thiazole rings is 1. The van der Waals surface area contributed by atoms with Gasteiger partial charge in [-0.2, -0.15) is 13.2 Å². The second-order valence-corrected chi connectivity index (χ2v) is 4.97. The summed E-state index contributed by atoms with van der Waals surface area (Å²) < 4.78 is 37.0. The lowest BCUT2D eigenvalue weighted by atomic mass is 10.2. The monoisotopic (exact) mass is 258 g/mol. The summed E-state index contributed by atoms with van der Waals surface area (Å²) in [5.74, 6) is 0. The molecule has 0 aromatic carbocycles. The summed E-state index contributed by atoms with van der Waals surface area (Å²) in [4.78, 5) is 8.66. The van der Waals surface area contributed by atoms with E-state index in [9.17, 15) is 13.2 Å². The normalized spacial score (nSPS) is 11.8. The van der Waals surface area contributed by atoms with Crippen LogP contribution in [0, 0.1) is 13.8 Å². The molecule has 0 fully saturated rings. The predicted octanol–water partition coefficient (Wildman–Crippen LogP) is 3.84. The molecule has 0 amide bonds. The van der Waals surface area contributed by atoms with E-state index in [0.29, 0.717) is 11.3 Å². The number of halogens is 3. The number of alkyl halides is 3. The third kappa shape index (κ3) is 2.46. The Bertz CT molecular complexity index is 529. The number of rotatable bonds is 1. The first kappa shape index (κ1) is 12.0. The third-order valence-electron chi connectivity index (χ3n) is 2.23. The molecule has 2 heterocycles. The summed E-state index contributed by atoms with van der Waals surface area (Å²) in [7, 11) is 0. The van der Waals surface area contributed by atoms with Crippen molar-refractivity contribution in [2.75, 3.05) is 0 Å². The largest absolute Gasteiger partial charge is 0.433 e. The minimum absolute atomic E-state index is 0.611. The van der Waals surface area contributed by atoms with Crippen LogP contribution in [0.15, 0.2) is 18.3 Å². The molecular weight excluding hydrogens is 249 g/mol. The molecule has 2 aromatic heterocycles. The van der Waals surface area contributed by atoms with Crippen LogP contribution in [0.1, 0.15) is 15.6 Å². The van der Waals surface area contributed by atoms with E-state index in [0.717, 1.165) is 16.0 Å². The van der Waals surface area contributed by atoms with Crippen molar-refractivity contribution in [3.05, 3.63) is 33.9 Å². The highest BCUT2D eigenvalue weighted by Crippen LogP contribution is 2.30. The average Bonchev–Trinajstić information content (AvgIpc) is 2.57. The van der Waals surface area contributed by atoms with Crippen LogP contribution < -0.4 is 0 Å². The Balaban J connectivity index is 2.39. The van der Waals surface area contributed by atoms with Crippen LogP contribution in [-0.2, 0) is 6.18 Å². The minimum Gasteiger partial charge on any atom is -0.251 e. The Morgan fingerprint density at radius 1 is 1.18 bits per heavy atom. The van der Waals surface area contributed by atoms with Crippen molar-refractivity contribution < 1.29 is 13.2 Å². The van der Waals surface area contributed by atoms with Gasteiger partial charge in [0, 0.05) is 16.6 Å². The highest BCUT2D eigenvalue weighted by atomic mass is 32.1. The van der Waals surface area contributed by atoms with E-state index in [1.54, 1.807) is 0 Å². The Morgan fingerprint density at radius 3 is 2.29 bits per heavy atom. The zero-order valence-corrected chi connectivity index (χ0v) is 9.99. The molecule has 0 bridgehead atoms. The molecular formula is C11H9F3N2S. The molecule has 0 aliphatic carbocycles. The molecule has 6 heteroatoms. The van der Waals surface area contributed by atoms with Crippen molar-refractivity contribution in [3.63, 3.8) is 0 Å². The van der Waals surface area contributed by atoms with Crippen LogP contribution in [0.3, 0.4) is 0 Å². The molecule has 0 N–H and O–H groups in total. The first-order valence-corrected chi connectivity index (χ1v) is 5.67. The molecule has 0 aliphatic rings. The van der Waals surface area contributed by atoms with Gasteiger partial charge >= 0.3 is 6.18 Å². The Hall–Kier alpha value is -1.43. The fourth-order valence-corrected chi connectivity index (χ4v) is 2.34. The lowest BCUT2D eigenvalue weighted by molar-refractivity contribution is -0.141. The molecule has 90 valence electrons. The van der Waals surface area contributed by atoms with Crippen LogP contribution in [-0.4, -0.2) is 9.97 Å². The van der Waals surface area contributed by atoms with Gasteiger partial charge in [-0.3, -0.25) is 4.98 Å². The van der Waals surface area contributed by atoms with Crippen molar-refractivity contribution >= 4 is 11.3 Å². The van der Waals surface area contributed by atoms with E-state index in [1.807, 2.05) is 13.8 Å². The highest BCUT2D eigenvalue weighted by Gasteiger charge is 2.32. The quantitative estimate of drug-likeness (QED) is 0.776. The van der Waals surface area contributed by atoms with Crippen molar-refractivity contribution in [1.29, 1.82) is 0 Å². The summed E-state index contributed by atoms with van der Waals surface area (Å²) in [6, 6.07) is 2.38. The summed E-state index contributed by atoms with van der Waals surface area (Å²) in [6.45, 7) is 3.75. The molecule has 0 aliphatic heterocycles. The van der Waals surface area contributed by atoms with Gasteiger partial charge in [0.1, 0.15) is 5.69 Å². The molecule has 0 atom stereocenters. The zero-order valence-electron chi connectivity index (χ0n) is 9.17. The number of aryl methyl sites for hydroxylation is 2. The van der Waals surface area contributed by atoms with E-state index in [2.05, 4.69) is 9.97 Å². The number of hydrogen-bond donors (Lipinski definition) is 0. The topological polar surface area (TPSA) is 25.8 Å². The van der Waals surface area contributed by atoms with Gasteiger partial charge in [0.05, 0.1) is 10.7 Å². The van der Waals surface area contributed by atoms with Gasteiger partial charge in [0.2, 0.25) is 0 Å². The third-order valence-corrected chi connectivity index (χ3v) is 3.12. The standard InChI is InChI=1S/C11H9F3N2S/c1-6-10(16-7(2)17-6)8-3-4-9(15-5-8)11(12,13)14/h3-5H,1-2H3. The molecule has 0 unspecified atom stereocenters. The molecule has 2 aromatic rings. The van der Waals surface area contributed by atoms with Crippen molar-refractivity contribution in [1.82, 2.24) is 9.97 Å². The maximum atomic E-state index is 12.3. The predicted molar refractivity (Wildman–Crippen MR) is 59.8 cm³/mol. The van der Waals surface area contributed by atoms with Gasteiger partial charge in [-0.05, 0) is 26.0 Å². The number of nitrogens with zero attached hydrogens (tertiary/aromatic N) is 2. The van der Waals surface area contributed by atoms with E-state index >= 15 is 0 Å². The highest BCUT2D eigenvalue weighted by molar-refractivity contribution is 7.11. The van der Waals surface area contributed by atoms with Gasteiger partial charge in [-0.15, -0.1) is 11.3 Å². The first-order valence-electron chi connectivity index (χ1n) is 4.85. The summed E-state index contributed by atoms with van der Waals surface area (Å²) in [6.07, 6.45) is -3.18. The second kappa shape index (κ2) is 4.10. The van der Waals surface area contributed by atoms with Crippen LogP contribution in [0.5, 0.6) is 0 Å². The minimum atomic E-state index is -4.40. The second-order valence-electron chi connectivity index (χ2n) is 3.57. The van der Waals surface area contributed by atoms with E-state index in [-0.39, 0.29) is 0 Å². The molecule has 17 heavy (non-hydrogen) atoms. The maximum absolute atomic E-state index is 12.3. The fourth-order valence-electron chi connectivity index (χ4n) is 1.50. The first-order chi connectivity index (χ1) is 7.88. The van der Waals surface area contributed by atoms with Crippen molar-refractivity contribution in [3.8, 4) is 11.3 Å². The Labute approximate surface area is 100 Å². The molecule has 0 spiro atoms. The zero-order chi connectivity index (χ0) is 12.6.